The molecule has 1 aliphatic heterocycles. The summed E-state index contributed by atoms with van der Waals surface area (Å²) in [6, 6.07) is 4.74. The molecule has 3 aromatic rings. The first-order valence-corrected chi connectivity index (χ1v) is 14.1. The van der Waals surface area contributed by atoms with Crippen LogP contribution in [0.15, 0.2) is 34.8 Å². The quantitative estimate of drug-likeness (QED) is 0.417. The predicted octanol–water partition coefficient (Wildman–Crippen LogP) is 5.62. The molecule has 2 aromatic heterocycles. The van der Waals surface area contributed by atoms with Gasteiger partial charge in [-0.3, -0.25) is 0 Å². The zero-order valence-corrected chi connectivity index (χ0v) is 21.9. The minimum atomic E-state index is -4.22. The Labute approximate surface area is 209 Å². The van der Waals surface area contributed by atoms with E-state index < -0.39 is 21.9 Å². The molecule has 0 radical (unpaired) electrons. The van der Waals surface area contributed by atoms with Gasteiger partial charge in [-0.2, -0.15) is 0 Å². The Hall–Kier alpha value is -2.72. The number of benzene rings is 1. The highest BCUT2D eigenvalue weighted by atomic mass is 32.2. The second-order valence-electron chi connectivity index (χ2n) is 9.19. The van der Waals surface area contributed by atoms with Crippen LogP contribution in [-0.2, 0) is 27.6 Å². The summed E-state index contributed by atoms with van der Waals surface area (Å²) in [5.41, 5.74) is 2.20. The second kappa shape index (κ2) is 10.1. The lowest BCUT2D eigenvalue weighted by atomic mass is 9.97. The van der Waals surface area contributed by atoms with Gasteiger partial charge in [0.2, 0.25) is 0 Å². The van der Waals surface area contributed by atoms with Crippen LogP contribution in [0.5, 0.6) is 0 Å². The SMILES string of the molecule is CCCOC(=O)NS(=O)(=O)c1sc(CC(C)C)c(C)c1-c1ccc([C@@H]2CCc3nccn32)c(F)c1. The van der Waals surface area contributed by atoms with Crippen molar-refractivity contribution in [2.24, 2.45) is 5.92 Å². The zero-order chi connectivity index (χ0) is 25.3. The number of aromatic nitrogens is 2. The van der Waals surface area contributed by atoms with Gasteiger partial charge in [0.1, 0.15) is 15.9 Å². The number of sulfonamides is 1. The monoisotopic (exact) mass is 519 g/mol. The van der Waals surface area contributed by atoms with E-state index in [1.165, 1.54) is 6.07 Å². The number of thiophene rings is 1. The average Bonchev–Trinajstić information content (AvgIpc) is 3.48. The fourth-order valence-corrected chi connectivity index (χ4v) is 7.53. The van der Waals surface area contributed by atoms with E-state index in [0.717, 1.165) is 40.4 Å². The molecular weight excluding hydrogens is 489 g/mol. The van der Waals surface area contributed by atoms with E-state index in [1.54, 1.807) is 18.3 Å². The van der Waals surface area contributed by atoms with Crippen LogP contribution >= 0.6 is 11.3 Å². The van der Waals surface area contributed by atoms with E-state index in [-0.39, 0.29) is 16.9 Å². The third kappa shape index (κ3) is 5.13. The number of halogens is 1. The number of rotatable bonds is 8. The first kappa shape index (κ1) is 25.4. The summed E-state index contributed by atoms with van der Waals surface area (Å²) in [6.45, 7) is 7.88. The lowest BCUT2D eigenvalue weighted by Gasteiger charge is -2.16. The number of imidazole rings is 1. The van der Waals surface area contributed by atoms with Crippen LogP contribution in [0.25, 0.3) is 11.1 Å². The summed E-state index contributed by atoms with van der Waals surface area (Å²) >= 11 is 1.12. The first-order valence-electron chi connectivity index (χ1n) is 11.8. The number of carbonyl (C=O) groups excluding carboxylic acids is 1. The molecule has 0 spiro atoms. The normalized spacial score (nSPS) is 15.4. The van der Waals surface area contributed by atoms with Gasteiger partial charge in [-0.1, -0.05) is 32.9 Å². The summed E-state index contributed by atoms with van der Waals surface area (Å²) in [5.74, 6) is 0.827. The van der Waals surface area contributed by atoms with Crippen LogP contribution in [0.2, 0.25) is 0 Å². The van der Waals surface area contributed by atoms with E-state index in [1.807, 2.05) is 43.2 Å². The minimum absolute atomic E-state index is 0.0102. The van der Waals surface area contributed by atoms with Gasteiger partial charge in [0.15, 0.2) is 0 Å². The zero-order valence-electron chi connectivity index (χ0n) is 20.3. The minimum Gasteiger partial charge on any atom is -0.449 e. The number of nitrogens with zero attached hydrogens (tertiary/aromatic N) is 2. The number of carbonyl (C=O) groups is 1. The van der Waals surface area contributed by atoms with Crippen LogP contribution in [0, 0.1) is 18.7 Å². The fourth-order valence-electron chi connectivity index (χ4n) is 4.49. The number of hydrogen-bond donors (Lipinski definition) is 1. The topological polar surface area (TPSA) is 90.3 Å². The smallest absolute Gasteiger partial charge is 0.421 e. The molecule has 0 unspecified atom stereocenters. The highest BCUT2D eigenvalue weighted by molar-refractivity contribution is 7.92. The van der Waals surface area contributed by atoms with Crippen molar-refractivity contribution in [1.29, 1.82) is 0 Å². The molecule has 0 aliphatic carbocycles. The first-order chi connectivity index (χ1) is 16.6. The van der Waals surface area contributed by atoms with Crippen LogP contribution in [0.1, 0.15) is 61.5 Å². The Morgan fingerprint density at radius 2 is 2.14 bits per heavy atom. The van der Waals surface area contributed by atoms with Crippen LogP contribution < -0.4 is 4.72 Å². The summed E-state index contributed by atoms with van der Waals surface area (Å²) in [7, 11) is -4.22. The van der Waals surface area contributed by atoms with E-state index in [2.05, 4.69) is 4.98 Å². The maximum atomic E-state index is 15.4. The third-order valence-electron chi connectivity index (χ3n) is 6.08. The van der Waals surface area contributed by atoms with Crippen molar-refractivity contribution < 1.29 is 22.3 Å². The maximum Gasteiger partial charge on any atom is 0.421 e. The highest BCUT2D eigenvalue weighted by Crippen LogP contribution is 2.42. The Bertz CT molecular complexity index is 1340. The molecule has 1 aliphatic rings. The molecule has 1 N–H and O–H groups in total. The molecule has 0 saturated heterocycles. The number of fused-ring (bicyclic) bond motifs is 1. The number of ether oxygens (including phenoxy) is 1. The van der Waals surface area contributed by atoms with Gasteiger partial charge in [-0.05, 0) is 49.3 Å². The van der Waals surface area contributed by atoms with E-state index in [4.69, 9.17) is 4.74 Å². The van der Waals surface area contributed by atoms with E-state index in [9.17, 15) is 13.2 Å². The second-order valence-corrected chi connectivity index (χ2v) is 12.2. The number of nitrogens with one attached hydrogen (secondary N) is 1. The molecule has 10 heteroatoms. The molecular formula is C25H30FN3O4S2. The largest absolute Gasteiger partial charge is 0.449 e. The van der Waals surface area contributed by atoms with Gasteiger partial charge in [0, 0.05) is 34.8 Å². The Morgan fingerprint density at radius 1 is 1.37 bits per heavy atom. The van der Waals surface area contributed by atoms with E-state index in [0.29, 0.717) is 35.4 Å². The van der Waals surface area contributed by atoms with Gasteiger partial charge in [0.05, 0.1) is 12.6 Å². The molecule has 1 amide bonds. The van der Waals surface area contributed by atoms with Crippen molar-refractivity contribution in [1.82, 2.24) is 14.3 Å². The molecule has 4 rings (SSSR count). The molecule has 35 heavy (non-hydrogen) atoms. The lowest BCUT2D eigenvalue weighted by molar-refractivity contribution is 0.152. The standard InChI is InChI=1S/C25H30FN3O4S2/c1-5-12-33-25(30)28-35(31,32)24-23(16(4)21(34-24)13-15(2)3)17-6-7-18(19(26)14-17)20-8-9-22-27-10-11-29(20)22/h6-7,10-11,14-15,20H,5,8-9,12-13H2,1-4H3,(H,28,30)/t20-/m0/s1. The van der Waals surface area contributed by atoms with Crippen molar-refractivity contribution in [3.63, 3.8) is 0 Å². The Kier molecular flexibility index (Phi) is 7.32. The van der Waals surface area contributed by atoms with Crippen LogP contribution in [-0.4, -0.2) is 30.7 Å². The maximum absolute atomic E-state index is 15.4. The number of amides is 1. The molecule has 0 saturated carbocycles. The number of hydrogen-bond acceptors (Lipinski definition) is 6. The molecule has 7 nitrogen and oxygen atoms in total. The van der Waals surface area contributed by atoms with Gasteiger partial charge in [-0.15, -0.1) is 11.3 Å². The fraction of sp³-hybridized carbons (Fsp3) is 0.440. The molecule has 1 atom stereocenters. The lowest BCUT2D eigenvalue weighted by Crippen LogP contribution is -2.31. The van der Waals surface area contributed by atoms with Crippen LogP contribution in [0.3, 0.4) is 0 Å². The van der Waals surface area contributed by atoms with Crippen molar-refractivity contribution in [3.05, 3.63) is 58.2 Å². The molecule has 1 aromatic carbocycles. The highest BCUT2D eigenvalue weighted by Gasteiger charge is 2.30. The van der Waals surface area contributed by atoms with Gasteiger partial charge < -0.3 is 9.30 Å². The van der Waals surface area contributed by atoms with Gasteiger partial charge in [-0.25, -0.2) is 27.3 Å². The third-order valence-corrected chi connectivity index (χ3v) is 9.22. The van der Waals surface area contributed by atoms with Crippen molar-refractivity contribution in [2.45, 2.75) is 63.6 Å². The van der Waals surface area contributed by atoms with E-state index >= 15 is 4.39 Å². The molecule has 0 bridgehead atoms. The molecule has 3 heterocycles. The van der Waals surface area contributed by atoms with Gasteiger partial charge >= 0.3 is 6.09 Å². The molecule has 188 valence electrons. The Balaban J connectivity index is 1.75. The van der Waals surface area contributed by atoms with Crippen molar-refractivity contribution in [2.75, 3.05) is 6.61 Å². The van der Waals surface area contributed by atoms with Crippen molar-refractivity contribution >= 4 is 27.5 Å². The van der Waals surface area contributed by atoms with Crippen LogP contribution in [0.4, 0.5) is 9.18 Å². The summed E-state index contributed by atoms with van der Waals surface area (Å²) in [5, 5.41) is 0. The number of aryl methyl sites for hydroxylation is 1. The summed E-state index contributed by atoms with van der Waals surface area (Å²) in [6.07, 6.45) is 5.34. The summed E-state index contributed by atoms with van der Waals surface area (Å²) in [4.78, 5) is 17.3. The molecule has 0 fully saturated rings. The predicted molar refractivity (Wildman–Crippen MR) is 134 cm³/mol. The van der Waals surface area contributed by atoms with Crippen molar-refractivity contribution in [3.8, 4) is 11.1 Å². The summed E-state index contributed by atoms with van der Waals surface area (Å²) < 4.78 is 50.8. The van der Waals surface area contributed by atoms with Gasteiger partial charge in [0.25, 0.3) is 10.0 Å². The average molecular weight is 520 g/mol. The Morgan fingerprint density at radius 3 is 2.83 bits per heavy atom.